The Morgan fingerprint density at radius 1 is 1.14 bits per heavy atom. The summed E-state index contributed by atoms with van der Waals surface area (Å²) in [5.41, 5.74) is 0.358. The van der Waals surface area contributed by atoms with E-state index in [-0.39, 0.29) is 11.7 Å². The van der Waals surface area contributed by atoms with Crippen LogP contribution in [0, 0.1) is 0 Å². The Morgan fingerprint density at radius 2 is 1.82 bits per heavy atom. The van der Waals surface area contributed by atoms with Crippen LogP contribution in [0.25, 0.3) is 0 Å². The molecule has 0 saturated heterocycles. The molecule has 0 unspecified atom stereocenters. The molecule has 0 aromatic heterocycles. The van der Waals surface area contributed by atoms with E-state index in [0.717, 1.165) is 0 Å². The Labute approximate surface area is 126 Å². The third-order valence-electron chi connectivity index (χ3n) is 2.59. The van der Waals surface area contributed by atoms with Crippen LogP contribution in [-0.2, 0) is 4.74 Å². The molecule has 1 amide bonds. The molecule has 8 heteroatoms. The van der Waals surface area contributed by atoms with Gasteiger partial charge in [-0.3, -0.25) is 4.79 Å². The van der Waals surface area contributed by atoms with E-state index in [1.165, 1.54) is 24.3 Å². The molecule has 0 atom stereocenters. The normalized spacial score (nSPS) is 11.3. The van der Waals surface area contributed by atoms with Gasteiger partial charge >= 0.3 is 6.18 Å². The molecule has 0 aliphatic rings. The smallest absolute Gasteiger partial charge is 0.422 e. The number of carbonyl (C=O) groups is 1. The fourth-order valence-corrected chi connectivity index (χ4v) is 1.53. The van der Waals surface area contributed by atoms with Crippen molar-refractivity contribution in [3.05, 3.63) is 29.8 Å². The molecule has 124 valence electrons. The highest BCUT2D eigenvalue weighted by atomic mass is 19.4. The van der Waals surface area contributed by atoms with E-state index in [1.807, 2.05) is 0 Å². The molecule has 2 N–H and O–H groups in total. The van der Waals surface area contributed by atoms with Gasteiger partial charge in [0.15, 0.2) is 6.61 Å². The predicted octanol–water partition coefficient (Wildman–Crippen LogP) is 1.59. The van der Waals surface area contributed by atoms with Crippen molar-refractivity contribution >= 4 is 5.91 Å². The van der Waals surface area contributed by atoms with Crippen molar-refractivity contribution in [3.8, 4) is 5.75 Å². The molecule has 0 fully saturated rings. The quantitative estimate of drug-likeness (QED) is 0.679. The number of amides is 1. The van der Waals surface area contributed by atoms with Gasteiger partial charge in [-0.15, -0.1) is 0 Å². The Morgan fingerprint density at radius 3 is 2.41 bits per heavy atom. The van der Waals surface area contributed by atoms with Crippen LogP contribution < -0.4 is 15.4 Å². The lowest BCUT2D eigenvalue weighted by Gasteiger charge is -2.10. The lowest BCUT2D eigenvalue weighted by molar-refractivity contribution is -0.153. The zero-order valence-corrected chi connectivity index (χ0v) is 12.2. The van der Waals surface area contributed by atoms with Crippen molar-refractivity contribution < 1.29 is 27.4 Å². The van der Waals surface area contributed by atoms with Gasteiger partial charge in [-0.1, -0.05) is 0 Å². The number of halogens is 3. The molecular weight excluding hydrogens is 301 g/mol. The number of rotatable bonds is 9. The molecule has 22 heavy (non-hydrogen) atoms. The van der Waals surface area contributed by atoms with Gasteiger partial charge in [0.2, 0.25) is 0 Å². The van der Waals surface area contributed by atoms with Gasteiger partial charge in [-0.2, -0.15) is 13.2 Å². The van der Waals surface area contributed by atoms with E-state index in [1.54, 1.807) is 7.11 Å². The zero-order valence-electron chi connectivity index (χ0n) is 12.2. The Balaban J connectivity index is 2.31. The van der Waals surface area contributed by atoms with Crippen LogP contribution in [0.5, 0.6) is 5.75 Å². The summed E-state index contributed by atoms with van der Waals surface area (Å²) in [6.07, 6.45) is -4.38. The third-order valence-corrected chi connectivity index (χ3v) is 2.59. The zero-order chi connectivity index (χ0) is 16.4. The van der Waals surface area contributed by atoms with E-state index < -0.39 is 12.8 Å². The monoisotopic (exact) mass is 320 g/mol. The summed E-state index contributed by atoms with van der Waals surface area (Å²) in [5.74, 6) is -0.231. The molecule has 0 heterocycles. The number of hydrogen-bond donors (Lipinski definition) is 2. The lowest BCUT2D eigenvalue weighted by Crippen LogP contribution is -2.33. The SMILES string of the molecule is COCCNCCNC(=O)c1ccc(OCC(F)(F)F)cc1. The van der Waals surface area contributed by atoms with Crippen LogP contribution >= 0.6 is 0 Å². The minimum absolute atomic E-state index is 0.0649. The molecule has 0 radical (unpaired) electrons. The van der Waals surface area contributed by atoms with Gasteiger partial charge in [0.1, 0.15) is 5.75 Å². The van der Waals surface area contributed by atoms with E-state index in [4.69, 9.17) is 4.74 Å². The largest absolute Gasteiger partial charge is 0.484 e. The molecule has 0 bridgehead atoms. The van der Waals surface area contributed by atoms with E-state index in [2.05, 4.69) is 15.4 Å². The average Bonchev–Trinajstić information content (AvgIpc) is 2.48. The van der Waals surface area contributed by atoms with Gasteiger partial charge in [0.05, 0.1) is 6.61 Å². The maximum Gasteiger partial charge on any atom is 0.422 e. The maximum absolute atomic E-state index is 12.0. The molecule has 0 aliphatic heterocycles. The van der Waals surface area contributed by atoms with Crippen molar-refractivity contribution in [1.82, 2.24) is 10.6 Å². The van der Waals surface area contributed by atoms with Crippen LogP contribution in [0.2, 0.25) is 0 Å². The average molecular weight is 320 g/mol. The van der Waals surface area contributed by atoms with Crippen molar-refractivity contribution in [2.75, 3.05) is 40.0 Å². The summed E-state index contributed by atoms with van der Waals surface area (Å²) >= 11 is 0. The summed E-state index contributed by atoms with van der Waals surface area (Å²) < 4.78 is 45.4. The van der Waals surface area contributed by atoms with E-state index in [0.29, 0.717) is 31.8 Å². The first kappa shape index (κ1) is 18.2. The number of alkyl halides is 3. The van der Waals surface area contributed by atoms with Crippen LogP contribution in [0.1, 0.15) is 10.4 Å². The Hall–Kier alpha value is -1.80. The van der Waals surface area contributed by atoms with Gasteiger partial charge < -0.3 is 20.1 Å². The van der Waals surface area contributed by atoms with Gasteiger partial charge in [0, 0.05) is 32.3 Å². The second-order valence-corrected chi connectivity index (χ2v) is 4.43. The lowest BCUT2D eigenvalue weighted by atomic mass is 10.2. The molecule has 1 aromatic carbocycles. The summed E-state index contributed by atoms with van der Waals surface area (Å²) in [6, 6.07) is 5.49. The highest BCUT2D eigenvalue weighted by Crippen LogP contribution is 2.18. The predicted molar refractivity (Wildman–Crippen MR) is 75.1 cm³/mol. The number of nitrogens with one attached hydrogen (secondary N) is 2. The fraction of sp³-hybridized carbons (Fsp3) is 0.500. The van der Waals surface area contributed by atoms with Crippen molar-refractivity contribution in [3.63, 3.8) is 0 Å². The first-order chi connectivity index (χ1) is 10.4. The van der Waals surface area contributed by atoms with Crippen molar-refractivity contribution in [2.24, 2.45) is 0 Å². The summed E-state index contributed by atoms with van der Waals surface area (Å²) in [7, 11) is 1.60. The second-order valence-electron chi connectivity index (χ2n) is 4.43. The van der Waals surface area contributed by atoms with E-state index in [9.17, 15) is 18.0 Å². The third kappa shape index (κ3) is 7.84. The molecule has 1 aromatic rings. The van der Waals surface area contributed by atoms with Crippen LogP contribution in [-0.4, -0.2) is 52.0 Å². The molecular formula is C14H19F3N2O3. The highest BCUT2D eigenvalue weighted by molar-refractivity contribution is 5.94. The number of methoxy groups -OCH3 is 1. The summed E-state index contributed by atoms with van der Waals surface area (Å²) in [5, 5.41) is 5.76. The maximum atomic E-state index is 12.0. The van der Waals surface area contributed by atoms with Crippen molar-refractivity contribution in [2.45, 2.75) is 6.18 Å². The molecule has 5 nitrogen and oxygen atoms in total. The molecule has 0 saturated carbocycles. The number of benzene rings is 1. The molecule has 1 rings (SSSR count). The topological polar surface area (TPSA) is 59.6 Å². The summed E-state index contributed by atoms with van der Waals surface area (Å²) in [4.78, 5) is 11.8. The highest BCUT2D eigenvalue weighted by Gasteiger charge is 2.28. The van der Waals surface area contributed by atoms with Gasteiger partial charge in [-0.05, 0) is 24.3 Å². The Bertz CT molecular complexity index is 450. The number of hydrogen-bond acceptors (Lipinski definition) is 4. The van der Waals surface area contributed by atoms with Gasteiger partial charge in [0.25, 0.3) is 5.91 Å². The minimum atomic E-state index is -4.38. The first-order valence-electron chi connectivity index (χ1n) is 6.70. The van der Waals surface area contributed by atoms with E-state index >= 15 is 0 Å². The minimum Gasteiger partial charge on any atom is -0.484 e. The molecule has 0 spiro atoms. The van der Waals surface area contributed by atoms with Crippen LogP contribution in [0.3, 0.4) is 0 Å². The first-order valence-corrected chi connectivity index (χ1v) is 6.70. The second kappa shape index (κ2) is 9.26. The Kier molecular flexibility index (Phi) is 7.69. The standard InChI is InChI=1S/C14H19F3N2O3/c1-21-9-8-18-6-7-19-13(20)11-2-4-12(5-3-11)22-10-14(15,16)17/h2-5,18H,6-10H2,1H3,(H,19,20). The summed E-state index contributed by atoms with van der Waals surface area (Å²) in [6.45, 7) is 0.966. The fourth-order valence-electron chi connectivity index (χ4n) is 1.53. The number of ether oxygens (including phenoxy) is 2. The van der Waals surface area contributed by atoms with Gasteiger partial charge in [-0.25, -0.2) is 0 Å². The van der Waals surface area contributed by atoms with Crippen molar-refractivity contribution in [1.29, 1.82) is 0 Å². The molecule has 0 aliphatic carbocycles. The van der Waals surface area contributed by atoms with Crippen LogP contribution in [0.15, 0.2) is 24.3 Å². The van der Waals surface area contributed by atoms with Crippen LogP contribution in [0.4, 0.5) is 13.2 Å². The number of carbonyl (C=O) groups excluding carboxylic acids is 1.